The Balaban J connectivity index is 1.27. The zero-order chi connectivity index (χ0) is 32.7. The Morgan fingerprint density at radius 2 is 1.60 bits per heavy atom. The van der Waals surface area contributed by atoms with E-state index in [0.717, 1.165) is 62.5 Å². The molecule has 6 rings (SSSR count). The monoisotopic (exact) mass is 618 g/mol. The van der Waals surface area contributed by atoms with Crippen molar-refractivity contribution in [2.24, 2.45) is 56.7 Å². The highest BCUT2D eigenvalue weighted by molar-refractivity contribution is 5.87. The van der Waals surface area contributed by atoms with E-state index in [1.54, 1.807) is 30.3 Å². The molecule has 0 aliphatic heterocycles. The summed E-state index contributed by atoms with van der Waals surface area (Å²) in [4.78, 5) is 26.0. The number of fused-ring (bicyclic) bond motifs is 7. The van der Waals surface area contributed by atoms with Gasteiger partial charge in [0.1, 0.15) is 11.9 Å². The zero-order valence-corrected chi connectivity index (χ0v) is 28.1. The molecule has 1 aromatic carbocycles. The lowest BCUT2D eigenvalue weighted by Gasteiger charge is -2.73. The van der Waals surface area contributed by atoms with Crippen LogP contribution in [0.2, 0.25) is 0 Å². The Bertz CT molecular complexity index is 1390. The lowest BCUT2D eigenvalue weighted by molar-refractivity contribution is -0.265. The molecule has 1 aromatic rings. The third-order valence-corrected chi connectivity index (χ3v) is 14.9. The number of aromatic hydroxyl groups is 1. The highest BCUT2D eigenvalue weighted by Crippen LogP contribution is 2.77. The maximum Gasteiger partial charge on any atom is 0.331 e. The van der Waals surface area contributed by atoms with E-state index in [1.165, 1.54) is 6.08 Å². The highest BCUT2D eigenvalue weighted by Gasteiger charge is 2.72. The lowest BCUT2D eigenvalue weighted by Crippen LogP contribution is -2.69. The Kier molecular flexibility index (Phi) is 7.70. The van der Waals surface area contributed by atoms with Crippen LogP contribution in [0.5, 0.6) is 5.75 Å². The van der Waals surface area contributed by atoms with Crippen molar-refractivity contribution in [3.63, 3.8) is 0 Å². The highest BCUT2D eigenvalue weighted by atomic mass is 16.6. The van der Waals surface area contributed by atoms with E-state index in [4.69, 9.17) is 4.74 Å². The Morgan fingerprint density at radius 1 is 0.911 bits per heavy atom. The number of carbonyl (C=O) groups excluding carboxylic acids is 1. The molecule has 0 unspecified atom stereocenters. The average Bonchev–Trinajstić information content (AvgIpc) is 3.37. The molecule has 5 fully saturated rings. The summed E-state index contributed by atoms with van der Waals surface area (Å²) >= 11 is 0. The van der Waals surface area contributed by atoms with Crippen molar-refractivity contribution in [1.29, 1.82) is 0 Å². The average molecular weight is 619 g/mol. The van der Waals surface area contributed by atoms with Gasteiger partial charge in [0.2, 0.25) is 0 Å². The van der Waals surface area contributed by atoms with Crippen LogP contribution in [0.1, 0.15) is 105 Å². The first-order valence-electron chi connectivity index (χ1n) is 17.3. The van der Waals surface area contributed by atoms with Crippen LogP contribution in [0.4, 0.5) is 0 Å². The predicted molar refractivity (Wildman–Crippen MR) is 175 cm³/mol. The Hall–Kier alpha value is -2.60. The largest absolute Gasteiger partial charge is 0.508 e. The quantitative estimate of drug-likeness (QED) is 0.175. The minimum absolute atomic E-state index is 0.0169. The van der Waals surface area contributed by atoms with E-state index in [0.29, 0.717) is 18.3 Å². The van der Waals surface area contributed by atoms with Gasteiger partial charge in [0.15, 0.2) is 0 Å². The van der Waals surface area contributed by atoms with Gasteiger partial charge in [0.05, 0.1) is 11.5 Å². The number of rotatable bonds is 5. The number of hydrogen-bond donors (Lipinski definition) is 3. The minimum Gasteiger partial charge on any atom is -0.508 e. The van der Waals surface area contributed by atoms with E-state index < -0.39 is 35.0 Å². The third kappa shape index (κ3) is 4.58. The number of carboxylic acids is 1. The molecule has 0 spiro atoms. The molecule has 3 N–H and O–H groups in total. The van der Waals surface area contributed by atoms with Crippen molar-refractivity contribution in [3.8, 4) is 5.75 Å². The van der Waals surface area contributed by atoms with Gasteiger partial charge in [-0.15, -0.1) is 0 Å². The van der Waals surface area contributed by atoms with Gasteiger partial charge in [0.25, 0.3) is 0 Å². The van der Waals surface area contributed by atoms with Crippen LogP contribution < -0.4 is 0 Å². The smallest absolute Gasteiger partial charge is 0.331 e. The summed E-state index contributed by atoms with van der Waals surface area (Å²) < 4.78 is 6.05. The number of phenolic OH excluding ortho intramolecular Hbond substituents is 1. The number of carbonyl (C=O) groups is 2. The van der Waals surface area contributed by atoms with Gasteiger partial charge in [0, 0.05) is 11.5 Å². The molecule has 5 aliphatic rings. The van der Waals surface area contributed by atoms with Crippen LogP contribution in [0, 0.1) is 56.7 Å². The maximum atomic E-state index is 13.0. The van der Waals surface area contributed by atoms with Crippen LogP contribution in [0.25, 0.3) is 6.08 Å². The SMILES string of the molecule is C=C(C)[C@@H]1CC[C@]2(C(=O)O)CC[C@]3(C)[C@H](CC[C@@H]4[C@@]5(C)C[C@@H](O)[C@H](OC(=O)/C=C\c6ccc(O)cc6)C(C)(C)[C@@H]5CC[C@]43C)[C@@H]12. The normalized spacial score (nSPS) is 45.1. The first-order valence-corrected chi connectivity index (χ1v) is 17.3. The predicted octanol–water partition coefficient (Wildman–Crippen LogP) is 8.03. The van der Waals surface area contributed by atoms with Crippen LogP contribution in [-0.4, -0.2) is 39.5 Å². The lowest BCUT2D eigenvalue weighted by atomic mass is 9.32. The summed E-state index contributed by atoms with van der Waals surface area (Å²) in [6.45, 7) is 18.2. The molecule has 0 aromatic heterocycles. The van der Waals surface area contributed by atoms with Crippen LogP contribution >= 0.6 is 0 Å². The molecule has 0 bridgehead atoms. The van der Waals surface area contributed by atoms with Gasteiger partial charge in [-0.2, -0.15) is 0 Å². The number of phenols is 1. The second-order valence-corrected chi connectivity index (χ2v) is 17.0. The second-order valence-electron chi connectivity index (χ2n) is 17.0. The second kappa shape index (κ2) is 10.7. The third-order valence-electron chi connectivity index (χ3n) is 14.9. The molecule has 6 nitrogen and oxygen atoms in total. The van der Waals surface area contributed by atoms with E-state index in [9.17, 15) is 24.9 Å². The minimum atomic E-state index is -0.770. The molecular weight excluding hydrogens is 564 g/mol. The summed E-state index contributed by atoms with van der Waals surface area (Å²) in [6.07, 6.45) is 9.82. The van der Waals surface area contributed by atoms with E-state index in [2.05, 4.69) is 48.1 Å². The number of benzene rings is 1. The van der Waals surface area contributed by atoms with E-state index >= 15 is 0 Å². The number of aliphatic hydroxyl groups excluding tert-OH is 1. The van der Waals surface area contributed by atoms with Gasteiger partial charge in [-0.05, 0) is 134 Å². The van der Waals surface area contributed by atoms with Crippen molar-refractivity contribution in [1.82, 2.24) is 0 Å². The van der Waals surface area contributed by atoms with Crippen molar-refractivity contribution < 1.29 is 29.6 Å². The fourth-order valence-electron chi connectivity index (χ4n) is 12.8. The molecule has 0 heterocycles. The Labute approximate surface area is 269 Å². The number of aliphatic carboxylic acids is 1. The first kappa shape index (κ1) is 32.3. The number of esters is 1. The standard InChI is InChI=1S/C39H54O6/c1-23(2)26-16-19-39(34(43)44)21-20-37(6)27(32(26)39)13-14-30-36(5)22-28(41)33(35(3,4)29(36)17-18-38(30,37)7)45-31(42)15-10-24-8-11-25(40)12-9-24/h8-12,15,26-30,32-33,40-41H,1,13-14,16-22H2,2-7H3,(H,43,44)/b15-10-/t26-,27+,28+,29-,30+,32+,33-,36-,37+,38+,39-/m0/s1. The molecule has 45 heavy (non-hydrogen) atoms. The fourth-order valence-corrected chi connectivity index (χ4v) is 12.8. The summed E-state index contributed by atoms with van der Waals surface area (Å²) in [5, 5.41) is 31.9. The fraction of sp³-hybridized carbons (Fsp3) is 0.692. The molecule has 5 aliphatic carbocycles. The van der Waals surface area contributed by atoms with Gasteiger partial charge >= 0.3 is 11.9 Å². The number of allylic oxidation sites excluding steroid dienone is 1. The number of aliphatic hydroxyl groups is 1. The molecular formula is C39H54O6. The molecule has 0 radical (unpaired) electrons. The molecule has 5 saturated carbocycles. The zero-order valence-electron chi connectivity index (χ0n) is 28.1. The number of hydrogen-bond acceptors (Lipinski definition) is 5. The Morgan fingerprint density at radius 3 is 2.24 bits per heavy atom. The number of ether oxygens (including phenoxy) is 1. The van der Waals surface area contributed by atoms with Crippen molar-refractivity contribution in [2.75, 3.05) is 0 Å². The number of carboxylic acid groups (broad SMARTS) is 1. The topological polar surface area (TPSA) is 104 Å². The van der Waals surface area contributed by atoms with Gasteiger partial charge in [-0.25, -0.2) is 4.79 Å². The molecule has 0 saturated heterocycles. The van der Waals surface area contributed by atoms with Gasteiger partial charge in [-0.3, -0.25) is 4.79 Å². The van der Waals surface area contributed by atoms with Crippen molar-refractivity contribution in [2.45, 2.75) is 112 Å². The molecule has 246 valence electrons. The summed E-state index contributed by atoms with van der Waals surface area (Å²) in [6, 6.07) is 6.62. The molecule has 6 heteroatoms. The van der Waals surface area contributed by atoms with Crippen molar-refractivity contribution >= 4 is 18.0 Å². The summed E-state index contributed by atoms with van der Waals surface area (Å²) in [5.41, 5.74) is 0.796. The van der Waals surface area contributed by atoms with Gasteiger partial charge in [-0.1, -0.05) is 58.9 Å². The molecule has 11 atom stereocenters. The maximum absolute atomic E-state index is 13.0. The summed E-state index contributed by atoms with van der Waals surface area (Å²) in [7, 11) is 0. The van der Waals surface area contributed by atoms with Gasteiger partial charge < -0.3 is 20.1 Å². The van der Waals surface area contributed by atoms with Crippen LogP contribution in [0.15, 0.2) is 42.5 Å². The summed E-state index contributed by atoms with van der Waals surface area (Å²) in [5.74, 6) is 0.537. The molecule has 0 amide bonds. The van der Waals surface area contributed by atoms with Crippen molar-refractivity contribution in [3.05, 3.63) is 48.1 Å². The van der Waals surface area contributed by atoms with Crippen LogP contribution in [-0.2, 0) is 14.3 Å². The van der Waals surface area contributed by atoms with Crippen LogP contribution in [0.3, 0.4) is 0 Å². The van der Waals surface area contributed by atoms with E-state index in [-0.39, 0.29) is 39.7 Å². The van der Waals surface area contributed by atoms with E-state index in [1.807, 2.05) is 0 Å². The first-order chi connectivity index (χ1) is 21.0.